The highest BCUT2D eigenvalue weighted by atomic mass is 16.5. The molecule has 0 spiro atoms. The van der Waals surface area contributed by atoms with Gasteiger partial charge in [0, 0.05) is 19.2 Å². The summed E-state index contributed by atoms with van der Waals surface area (Å²) < 4.78 is 12.1. The number of nitrogens with zero attached hydrogens (tertiary/aromatic N) is 3. The maximum Gasteiger partial charge on any atom is 0.291 e. The fraction of sp³-hybridized carbons (Fsp3) is 0.286. The number of carbonyl (C=O) groups excluding carboxylic acids is 1. The Kier molecular flexibility index (Phi) is 6.39. The van der Waals surface area contributed by atoms with Crippen LogP contribution < -0.4 is 10.1 Å². The second kappa shape index (κ2) is 9.14. The number of amides is 1. The van der Waals surface area contributed by atoms with E-state index >= 15 is 0 Å². The van der Waals surface area contributed by atoms with Crippen molar-refractivity contribution in [2.24, 2.45) is 0 Å². The number of aromatic nitrogens is 3. The van der Waals surface area contributed by atoms with E-state index in [9.17, 15) is 4.79 Å². The van der Waals surface area contributed by atoms with Crippen molar-refractivity contribution in [2.75, 3.05) is 26.9 Å². The van der Waals surface area contributed by atoms with Crippen molar-refractivity contribution in [3.8, 4) is 22.8 Å². The van der Waals surface area contributed by atoms with Crippen LogP contribution in [0.15, 0.2) is 48.5 Å². The van der Waals surface area contributed by atoms with E-state index in [2.05, 4.69) is 15.4 Å². The molecule has 0 aliphatic carbocycles. The van der Waals surface area contributed by atoms with Gasteiger partial charge in [-0.3, -0.25) is 4.79 Å². The number of ether oxygens (including phenoxy) is 2. The zero-order valence-corrected chi connectivity index (χ0v) is 16.3. The van der Waals surface area contributed by atoms with E-state index in [4.69, 9.17) is 9.47 Å². The van der Waals surface area contributed by atoms with E-state index in [1.807, 2.05) is 62.4 Å². The van der Waals surface area contributed by atoms with E-state index in [1.54, 1.807) is 11.8 Å². The summed E-state index contributed by atoms with van der Waals surface area (Å²) >= 11 is 0. The lowest BCUT2D eigenvalue weighted by atomic mass is 10.1. The Morgan fingerprint density at radius 3 is 2.46 bits per heavy atom. The zero-order chi connectivity index (χ0) is 19.9. The van der Waals surface area contributed by atoms with Gasteiger partial charge in [-0.2, -0.15) is 0 Å². The van der Waals surface area contributed by atoms with E-state index in [0.29, 0.717) is 25.6 Å². The van der Waals surface area contributed by atoms with Gasteiger partial charge in [0.2, 0.25) is 5.82 Å². The Labute approximate surface area is 164 Å². The normalized spacial score (nSPS) is 10.7. The lowest BCUT2D eigenvalue weighted by molar-refractivity contribution is 0.0927. The second-order valence-electron chi connectivity index (χ2n) is 6.21. The van der Waals surface area contributed by atoms with E-state index < -0.39 is 0 Å². The number of nitrogens with one attached hydrogen (secondary N) is 1. The van der Waals surface area contributed by atoms with Gasteiger partial charge in [0.15, 0.2) is 5.82 Å². The van der Waals surface area contributed by atoms with Gasteiger partial charge in [-0.15, -0.1) is 5.10 Å². The molecule has 2 aromatic carbocycles. The molecule has 0 aliphatic heterocycles. The SMILES string of the molecule is CCOc1ccc(-n2nc(C(=O)NCCOC)nc2-c2ccc(C)cc2)cc1. The molecule has 0 bridgehead atoms. The molecule has 28 heavy (non-hydrogen) atoms. The van der Waals surface area contributed by atoms with Crippen molar-refractivity contribution < 1.29 is 14.3 Å². The van der Waals surface area contributed by atoms with Gasteiger partial charge >= 0.3 is 0 Å². The van der Waals surface area contributed by atoms with Gasteiger partial charge < -0.3 is 14.8 Å². The number of methoxy groups -OCH3 is 1. The summed E-state index contributed by atoms with van der Waals surface area (Å²) in [6.07, 6.45) is 0. The van der Waals surface area contributed by atoms with Crippen LogP contribution in [0.2, 0.25) is 0 Å². The Morgan fingerprint density at radius 1 is 1.11 bits per heavy atom. The number of hydrogen-bond acceptors (Lipinski definition) is 5. The Morgan fingerprint density at radius 2 is 1.82 bits per heavy atom. The summed E-state index contributed by atoms with van der Waals surface area (Å²) in [5.74, 6) is 1.15. The number of aryl methyl sites for hydroxylation is 1. The summed E-state index contributed by atoms with van der Waals surface area (Å²) in [5.41, 5.74) is 2.82. The van der Waals surface area contributed by atoms with Crippen LogP contribution in [-0.4, -0.2) is 47.5 Å². The highest BCUT2D eigenvalue weighted by molar-refractivity contribution is 5.91. The third-order valence-electron chi connectivity index (χ3n) is 4.10. The smallest absolute Gasteiger partial charge is 0.291 e. The molecule has 1 aromatic heterocycles. The summed E-state index contributed by atoms with van der Waals surface area (Å²) in [6.45, 7) is 5.39. The van der Waals surface area contributed by atoms with Crippen molar-refractivity contribution >= 4 is 5.91 Å². The molecule has 0 saturated carbocycles. The van der Waals surface area contributed by atoms with Crippen LogP contribution in [0.1, 0.15) is 23.1 Å². The van der Waals surface area contributed by atoms with Gasteiger partial charge in [-0.1, -0.05) is 29.8 Å². The summed E-state index contributed by atoms with van der Waals surface area (Å²) in [5, 5.41) is 7.20. The Bertz CT molecular complexity index is 918. The molecule has 1 amide bonds. The number of rotatable bonds is 8. The van der Waals surface area contributed by atoms with Crippen molar-refractivity contribution in [1.82, 2.24) is 20.1 Å². The van der Waals surface area contributed by atoms with E-state index in [1.165, 1.54) is 0 Å². The average Bonchev–Trinajstić information content (AvgIpc) is 3.15. The third-order valence-corrected chi connectivity index (χ3v) is 4.10. The number of hydrogen-bond donors (Lipinski definition) is 1. The van der Waals surface area contributed by atoms with Crippen LogP contribution in [0, 0.1) is 6.92 Å². The Hall–Kier alpha value is -3.19. The zero-order valence-electron chi connectivity index (χ0n) is 16.3. The first-order chi connectivity index (χ1) is 13.6. The highest BCUT2D eigenvalue weighted by Gasteiger charge is 2.18. The standard InChI is InChI=1S/C21H24N4O3/c1-4-28-18-11-9-17(10-12-18)25-20(16-7-5-15(2)6-8-16)23-19(24-25)21(26)22-13-14-27-3/h5-12H,4,13-14H2,1-3H3,(H,22,26). The molecular weight excluding hydrogens is 356 g/mol. The first kappa shape index (κ1) is 19.6. The minimum absolute atomic E-state index is 0.112. The highest BCUT2D eigenvalue weighted by Crippen LogP contribution is 2.23. The molecule has 0 fully saturated rings. The number of carbonyl (C=O) groups is 1. The van der Waals surface area contributed by atoms with E-state index in [-0.39, 0.29) is 11.7 Å². The molecule has 0 atom stereocenters. The molecular formula is C21H24N4O3. The topological polar surface area (TPSA) is 78.3 Å². The van der Waals surface area contributed by atoms with Gasteiger partial charge in [-0.05, 0) is 38.1 Å². The monoisotopic (exact) mass is 380 g/mol. The molecule has 0 unspecified atom stereocenters. The van der Waals surface area contributed by atoms with Crippen LogP contribution in [0.25, 0.3) is 17.1 Å². The molecule has 1 N–H and O–H groups in total. The molecule has 0 aliphatic rings. The molecule has 3 rings (SSSR count). The van der Waals surface area contributed by atoms with Crippen molar-refractivity contribution in [1.29, 1.82) is 0 Å². The molecule has 7 heteroatoms. The lowest BCUT2D eigenvalue weighted by Crippen LogP contribution is -2.28. The quantitative estimate of drug-likeness (QED) is 0.608. The largest absolute Gasteiger partial charge is 0.494 e. The molecule has 146 valence electrons. The molecule has 0 radical (unpaired) electrons. The minimum Gasteiger partial charge on any atom is -0.494 e. The second-order valence-corrected chi connectivity index (χ2v) is 6.21. The maximum atomic E-state index is 12.4. The van der Waals surface area contributed by atoms with Crippen LogP contribution >= 0.6 is 0 Å². The van der Waals surface area contributed by atoms with Gasteiger partial charge in [0.1, 0.15) is 5.75 Å². The molecule has 1 heterocycles. The predicted molar refractivity (Wildman–Crippen MR) is 107 cm³/mol. The fourth-order valence-electron chi connectivity index (χ4n) is 2.67. The van der Waals surface area contributed by atoms with Crippen LogP contribution in [-0.2, 0) is 4.74 Å². The Balaban J connectivity index is 1.98. The molecule has 7 nitrogen and oxygen atoms in total. The summed E-state index contributed by atoms with van der Waals surface area (Å²) in [6, 6.07) is 15.5. The van der Waals surface area contributed by atoms with Crippen LogP contribution in [0.3, 0.4) is 0 Å². The van der Waals surface area contributed by atoms with Crippen LogP contribution in [0.5, 0.6) is 5.75 Å². The van der Waals surface area contributed by atoms with Gasteiger partial charge in [-0.25, -0.2) is 9.67 Å². The average molecular weight is 380 g/mol. The summed E-state index contributed by atoms with van der Waals surface area (Å²) in [4.78, 5) is 16.9. The predicted octanol–water partition coefficient (Wildman–Crippen LogP) is 3.02. The van der Waals surface area contributed by atoms with Crippen LogP contribution in [0.4, 0.5) is 0 Å². The summed E-state index contributed by atoms with van der Waals surface area (Å²) in [7, 11) is 1.58. The van der Waals surface area contributed by atoms with Crippen molar-refractivity contribution in [3.05, 3.63) is 59.9 Å². The lowest BCUT2D eigenvalue weighted by Gasteiger charge is -2.08. The van der Waals surface area contributed by atoms with Gasteiger partial charge in [0.25, 0.3) is 5.91 Å². The third kappa shape index (κ3) is 4.55. The fourth-order valence-corrected chi connectivity index (χ4v) is 2.67. The minimum atomic E-state index is -0.338. The maximum absolute atomic E-state index is 12.4. The first-order valence-corrected chi connectivity index (χ1v) is 9.17. The van der Waals surface area contributed by atoms with Gasteiger partial charge in [0.05, 0.1) is 18.9 Å². The van der Waals surface area contributed by atoms with Crippen molar-refractivity contribution in [2.45, 2.75) is 13.8 Å². The first-order valence-electron chi connectivity index (χ1n) is 9.17. The molecule has 0 saturated heterocycles. The van der Waals surface area contributed by atoms with E-state index in [0.717, 1.165) is 22.6 Å². The van der Waals surface area contributed by atoms with Crippen molar-refractivity contribution in [3.63, 3.8) is 0 Å². The number of benzene rings is 2. The molecule has 3 aromatic rings.